The number of nitriles is 1. The Morgan fingerprint density at radius 1 is 1.48 bits per heavy atom. The van der Waals surface area contributed by atoms with Crippen LogP contribution in [0.25, 0.3) is 11.0 Å². The molecule has 1 aliphatic heterocycles. The molecule has 0 unspecified atom stereocenters. The molecule has 3 aromatic rings. The lowest BCUT2D eigenvalue weighted by Gasteiger charge is -2.35. The average molecular weight is 385 g/mol. The SMILES string of the molecule is N#Cc1cnc(N2CC[C@@H](Nc3c(C(N)=O)cnc4[nH]ccc34)[C@@H](F)C2)s1. The number of anilines is 2. The number of carbonyl (C=O) groups is 1. The number of H-pyrrole nitrogens is 1. The number of amides is 1. The first-order valence-electron chi connectivity index (χ1n) is 8.34. The van der Waals surface area contributed by atoms with Crippen molar-refractivity contribution in [1.82, 2.24) is 15.0 Å². The van der Waals surface area contributed by atoms with E-state index in [0.717, 1.165) is 0 Å². The van der Waals surface area contributed by atoms with E-state index >= 15 is 0 Å². The third-order valence-electron chi connectivity index (χ3n) is 4.60. The third kappa shape index (κ3) is 3.17. The highest BCUT2D eigenvalue weighted by atomic mass is 32.1. The summed E-state index contributed by atoms with van der Waals surface area (Å²) in [6.45, 7) is 0.743. The molecule has 0 aliphatic carbocycles. The lowest BCUT2D eigenvalue weighted by Crippen LogP contribution is -2.48. The number of carbonyl (C=O) groups excluding carboxylic acids is 1. The first kappa shape index (κ1) is 17.2. The monoisotopic (exact) mass is 385 g/mol. The minimum Gasteiger partial charge on any atom is -0.378 e. The van der Waals surface area contributed by atoms with Crippen molar-refractivity contribution in [2.24, 2.45) is 5.73 Å². The van der Waals surface area contributed by atoms with E-state index in [-0.39, 0.29) is 12.1 Å². The predicted octanol–water partition coefficient (Wildman–Crippen LogP) is 2.02. The third-order valence-corrected chi connectivity index (χ3v) is 5.56. The van der Waals surface area contributed by atoms with Crippen LogP contribution in [-0.4, -0.2) is 46.2 Å². The van der Waals surface area contributed by atoms with Gasteiger partial charge in [-0.2, -0.15) is 5.26 Å². The molecule has 138 valence electrons. The van der Waals surface area contributed by atoms with Crippen LogP contribution in [0.3, 0.4) is 0 Å². The molecular formula is C17H16FN7OS. The first-order valence-corrected chi connectivity index (χ1v) is 9.16. The maximum absolute atomic E-state index is 14.9. The first-order chi connectivity index (χ1) is 13.1. The number of nitrogens with zero attached hydrogens (tertiary/aromatic N) is 4. The molecule has 27 heavy (non-hydrogen) atoms. The number of fused-ring (bicyclic) bond motifs is 1. The molecule has 1 amide bonds. The van der Waals surface area contributed by atoms with Crippen LogP contribution in [0.15, 0.2) is 24.7 Å². The minimum atomic E-state index is -1.18. The van der Waals surface area contributed by atoms with E-state index in [1.165, 1.54) is 23.7 Å². The van der Waals surface area contributed by atoms with Gasteiger partial charge in [0.05, 0.1) is 30.0 Å². The van der Waals surface area contributed by atoms with E-state index < -0.39 is 18.1 Å². The maximum Gasteiger partial charge on any atom is 0.252 e. The Morgan fingerprint density at radius 3 is 3.04 bits per heavy atom. The van der Waals surface area contributed by atoms with Crippen molar-refractivity contribution in [2.75, 3.05) is 23.3 Å². The van der Waals surface area contributed by atoms with Gasteiger partial charge in [0.2, 0.25) is 0 Å². The number of rotatable bonds is 4. The Kier molecular flexibility index (Phi) is 4.37. The van der Waals surface area contributed by atoms with E-state index in [1.54, 1.807) is 12.3 Å². The predicted molar refractivity (Wildman–Crippen MR) is 101 cm³/mol. The van der Waals surface area contributed by atoms with Crippen molar-refractivity contribution in [2.45, 2.75) is 18.6 Å². The normalized spacial score (nSPS) is 19.8. The molecule has 1 fully saturated rings. The number of pyridine rings is 1. The van der Waals surface area contributed by atoms with Gasteiger partial charge in [0.1, 0.15) is 22.8 Å². The molecule has 8 nitrogen and oxygen atoms in total. The van der Waals surface area contributed by atoms with Gasteiger partial charge in [0.15, 0.2) is 5.13 Å². The summed E-state index contributed by atoms with van der Waals surface area (Å²) < 4.78 is 14.9. The quantitative estimate of drug-likeness (QED) is 0.631. The summed E-state index contributed by atoms with van der Waals surface area (Å²) in [5.41, 5.74) is 6.79. The number of aromatic amines is 1. The number of hydrogen-bond donors (Lipinski definition) is 3. The highest BCUT2D eigenvalue weighted by Crippen LogP contribution is 2.30. The topological polar surface area (TPSA) is 124 Å². The molecule has 3 aromatic heterocycles. The van der Waals surface area contributed by atoms with Crippen LogP contribution in [0, 0.1) is 11.3 Å². The van der Waals surface area contributed by atoms with E-state index in [2.05, 4.69) is 20.3 Å². The zero-order valence-electron chi connectivity index (χ0n) is 14.1. The molecule has 0 radical (unpaired) electrons. The second kappa shape index (κ2) is 6.85. The van der Waals surface area contributed by atoms with Crippen LogP contribution >= 0.6 is 11.3 Å². The summed E-state index contributed by atoms with van der Waals surface area (Å²) in [6, 6.07) is 3.34. The van der Waals surface area contributed by atoms with Crippen LogP contribution in [0.4, 0.5) is 15.2 Å². The number of alkyl halides is 1. The van der Waals surface area contributed by atoms with Gasteiger partial charge in [-0.05, 0) is 12.5 Å². The summed E-state index contributed by atoms with van der Waals surface area (Å²) in [5, 5.41) is 13.4. The van der Waals surface area contributed by atoms with Crippen LogP contribution in [-0.2, 0) is 0 Å². The summed E-state index contributed by atoms with van der Waals surface area (Å²) in [7, 11) is 0. The van der Waals surface area contributed by atoms with Gasteiger partial charge in [-0.25, -0.2) is 14.4 Å². The van der Waals surface area contributed by atoms with Gasteiger partial charge in [-0.15, -0.1) is 0 Å². The fourth-order valence-electron chi connectivity index (χ4n) is 3.24. The Bertz CT molecular complexity index is 1040. The molecule has 1 saturated heterocycles. The average Bonchev–Trinajstić information content (AvgIpc) is 3.32. The van der Waals surface area contributed by atoms with Gasteiger partial charge in [0.25, 0.3) is 5.91 Å². The molecule has 4 N–H and O–H groups in total. The number of hydrogen-bond acceptors (Lipinski definition) is 7. The number of piperidine rings is 1. The van der Waals surface area contributed by atoms with Gasteiger partial charge in [0, 0.05) is 24.3 Å². The smallest absolute Gasteiger partial charge is 0.252 e. The molecule has 0 bridgehead atoms. The largest absolute Gasteiger partial charge is 0.378 e. The molecule has 10 heteroatoms. The van der Waals surface area contributed by atoms with Gasteiger partial charge < -0.3 is 20.9 Å². The van der Waals surface area contributed by atoms with Crippen molar-refractivity contribution in [3.63, 3.8) is 0 Å². The minimum absolute atomic E-state index is 0.156. The van der Waals surface area contributed by atoms with Gasteiger partial charge in [-0.3, -0.25) is 4.79 Å². The second-order valence-electron chi connectivity index (χ2n) is 6.27. The van der Waals surface area contributed by atoms with E-state index in [0.29, 0.717) is 39.7 Å². The fourth-order valence-corrected chi connectivity index (χ4v) is 3.99. The van der Waals surface area contributed by atoms with Crippen molar-refractivity contribution in [3.8, 4) is 6.07 Å². The van der Waals surface area contributed by atoms with Crippen LogP contribution in [0.1, 0.15) is 21.7 Å². The summed E-state index contributed by atoms with van der Waals surface area (Å²) in [4.78, 5) is 25.4. The number of primary amides is 1. The number of nitrogens with one attached hydrogen (secondary N) is 2. The summed E-state index contributed by atoms with van der Waals surface area (Å²) >= 11 is 1.25. The fraction of sp³-hybridized carbons (Fsp3) is 0.294. The molecule has 0 spiro atoms. The van der Waals surface area contributed by atoms with Crippen molar-refractivity contribution >= 4 is 39.1 Å². The molecule has 1 aliphatic rings. The lowest BCUT2D eigenvalue weighted by molar-refractivity contribution is 0.100. The molecular weight excluding hydrogens is 369 g/mol. The standard InChI is InChI=1S/C17H16FN7OS/c18-12-8-25(17-23-6-9(5-19)27-17)4-2-13(12)24-14-10-1-3-21-16(10)22-7-11(14)15(20)26/h1,3,6-7,12-13H,2,4,8H2,(H2,20,26)(H2,21,22,24)/t12-,13+/m0/s1. The van der Waals surface area contributed by atoms with E-state index in [1.807, 2.05) is 11.0 Å². The van der Waals surface area contributed by atoms with Crippen LogP contribution in [0.2, 0.25) is 0 Å². The molecule has 4 rings (SSSR count). The summed E-state index contributed by atoms with van der Waals surface area (Å²) in [6.07, 6.45) is 3.92. The Balaban J connectivity index is 1.55. The number of halogens is 1. The van der Waals surface area contributed by atoms with Gasteiger partial charge in [-0.1, -0.05) is 11.3 Å². The van der Waals surface area contributed by atoms with Crippen molar-refractivity contribution in [3.05, 3.63) is 35.1 Å². The maximum atomic E-state index is 14.9. The molecule has 2 atom stereocenters. The zero-order valence-corrected chi connectivity index (χ0v) is 15.0. The number of nitrogens with two attached hydrogens (primary N) is 1. The van der Waals surface area contributed by atoms with Crippen LogP contribution in [0.5, 0.6) is 0 Å². The highest BCUT2D eigenvalue weighted by molar-refractivity contribution is 7.16. The number of aromatic nitrogens is 3. The van der Waals surface area contributed by atoms with Crippen molar-refractivity contribution < 1.29 is 9.18 Å². The van der Waals surface area contributed by atoms with E-state index in [9.17, 15) is 9.18 Å². The molecule has 4 heterocycles. The lowest BCUT2D eigenvalue weighted by atomic mass is 10.0. The Hall–Kier alpha value is -3.19. The van der Waals surface area contributed by atoms with E-state index in [4.69, 9.17) is 11.0 Å². The molecule has 0 aromatic carbocycles. The zero-order chi connectivity index (χ0) is 19.0. The van der Waals surface area contributed by atoms with Crippen molar-refractivity contribution in [1.29, 1.82) is 5.26 Å². The number of thiazole rings is 1. The second-order valence-corrected chi connectivity index (χ2v) is 7.28. The van der Waals surface area contributed by atoms with Gasteiger partial charge >= 0.3 is 0 Å². The highest BCUT2D eigenvalue weighted by Gasteiger charge is 2.31. The molecule has 0 saturated carbocycles. The Labute approximate surface area is 157 Å². The Morgan fingerprint density at radius 2 is 2.33 bits per heavy atom. The summed E-state index contributed by atoms with van der Waals surface area (Å²) in [5.74, 6) is -0.618. The van der Waals surface area contributed by atoms with Crippen LogP contribution < -0.4 is 16.0 Å².